The number of hydrogen-bond donors (Lipinski definition) is 2. The van der Waals surface area contributed by atoms with Gasteiger partial charge in [-0.05, 0) is 12.5 Å². The Morgan fingerprint density at radius 3 is 2.81 bits per heavy atom. The predicted octanol–water partition coefficient (Wildman–Crippen LogP) is 0.0499. The average Bonchev–Trinajstić information content (AvgIpc) is 2.54. The van der Waals surface area contributed by atoms with Crippen LogP contribution in [0, 0.1) is 0 Å². The summed E-state index contributed by atoms with van der Waals surface area (Å²) in [6.45, 7) is 3.36. The monoisotopic (exact) mass is 291 g/mol. The number of hydrogen-bond acceptors (Lipinski definition) is 4. The first-order chi connectivity index (χ1) is 10.1. The second-order valence-corrected chi connectivity index (χ2v) is 4.91. The zero-order valence-electron chi connectivity index (χ0n) is 12.1. The predicted molar refractivity (Wildman–Crippen MR) is 78.4 cm³/mol. The Hall–Kier alpha value is -1.92. The number of morpholine rings is 1. The molecule has 0 spiro atoms. The molecule has 1 fully saturated rings. The van der Waals surface area contributed by atoms with Crippen molar-refractivity contribution in [2.75, 3.05) is 26.3 Å². The first-order valence-electron chi connectivity index (χ1n) is 7.11. The second kappa shape index (κ2) is 7.19. The lowest BCUT2D eigenvalue weighted by atomic mass is 10.0. The second-order valence-electron chi connectivity index (χ2n) is 4.91. The Morgan fingerprint density at radius 1 is 1.43 bits per heavy atom. The van der Waals surface area contributed by atoms with E-state index in [0.29, 0.717) is 19.7 Å². The van der Waals surface area contributed by atoms with Crippen LogP contribution >= 0.6 is 0 Å². The molecule has 0 saturated carbocycles. The Bertz CT molecular complexity index is 492. The quantitative estimate of drug-likeness (QED) is 0.821. The van der Waals surface area contributed by atoms with Gasteiger partial charge in [0.1, 0.15) is 12.1 Å². The van der Waals surface area contributed by atoms with Crippen LogP contribution in [0.15, 0.2) is 30.3 Å². The molecule has 0 bridgehead atoms. The van der Waals surface area contributed by atoms with E-state index in [9.17, 15) is 9.59 Å². The molecule has 0 aromatic heterocycles. The zero-order valence-corrected chi connectivity index (χ0v) is 12.1. The van der Waals surface area contributed by atoms with Gasteiger partial charge in [-0.25, -0.2) is 0 Å². The molecule has 1 aromatic rings. The maximum Gasteiger partial charge on any atom is 0.245 e. The molecule has 0 radical (unpaired) electrons. The molecule has 2 amide bonds. The van der Waals surface area contributed by atoms with Crippen molar-refractivity contribution < 1.29 is 14.3 Å². The third-order valence-electron chi connectivity index (χ3n) is 3.49. The molecule has 21 heavy (non-hydrogen) atoms. The van der Waals surface area contributed by atoms with E-state index < -0.39 is 12.1 Å². The normalized spacial score (nSPS) is 19.9. The number of ether oxygens (including phenoxy) is 1. The van der Waals surface area contributed by atoms with Gasteiger partial charge in [-0.2, -0.15) is 0 Å². The van der Waals surface area contributed by atoms with Gasteiger partial charge in [0.2, 0.25) is 11.8 Å². The molecule has 1 aromatic carbocycles. The van der Waals surface area contributed by atoms with Crippen molar-refractivity contribution in [3.63, 3.8) is 0 Å². The maximum atomic E-state index is 12.6. The first-order valence-corrected chi connectivity index (χ1v) is 7.11. The average molecular weight is 291 g/mol. The largest absolute Gasteiger partial charge is 0.377 e. The Kier molecular flexibility index (Phi) is 5.30. The van der Waals surface area contributed by atoms with Gasteiger partial charge in [-0.15, -0.1) is 0 Å². The van der Waals surface area contributed by atoms with E-state index in [1.807, 2.05) is 37.3 Å². The molecule has 1 aliphatic rings. The molecular weight excluding hydrogens is 270 g/mol. The van der Waals surface area contributed by atoms with Crippen molar-refractivity contribution in [3.05, 3.63) is 35.9 Å². The van der Waals surface area contributed by atoms with Gasteiger partial charge in [0, 0.05) is 13.1 Å². The minimum Gasteiger partial charge on any atom is -0.377 e. The van der Waals surface area contributed by atoms with Gasteiger partial charge < -0.3 is 20.7 Å². The molecule has 2 atom stereocenters. The lowest BCUT2D eigenvalue weighted by molar-refractivity contribution is -0.149. The third-order valence-corrected chi connectivity index (χ3v) is 3.49. The number of rotatable bonds is 4. The van der Waals surface area contributed by atoms with Crippen molar-refractivity contribution in [3.8, 4) is 0 Å². The van der Waals surface area contributed by atoms with Crippen LogP contribution in [-0.4, -0.2) is 49.1 Å². The molecule has 0 aliphatic carbocycles. The van der Waals surface area contributed by atoms with Gasteiger partial charge >= 0.3 is 0 Å². The van der Waals surface area contributed by atoms with E-state index in [1.165, 1.54) is 4.90 Å². The van der Waals surface area contributed by atoms with E-state index in [1.54, 1.807) is 0 Å². The number of amides is 2. The molecule has 2 rings (SSSR count). The molecule has 3 N–H and O–H groups in total. The summed E-state index contributed by atoms with van der Waals surface area (Å²) < 4.78 is 5.32. The summed E-state index contributed by atoms with van der Waals surface area (Å²) in [6, 6.07) is 7.79. The highest BCUT2D eigenvalue weighted by molar-refractivity contribution is 5.90. The Balaban J connectivity index is 2.13. The smallest absolute Gasteiger partial charge is 0.245 e. The fraction of sp³-hybridized carbons (Fsp3) is 0.467. The van der Waals surface area contributed by atoms with Crippen LogP contribution in [0.5, 0.6) is 0 Å². The lowest BCUT2D eigenvalue weighted by Crippen LogP contribution is -2.57. The van der Waals surface area contributed by atoms with Crippen molar-refractivity contribution in [1.82, 2.24) is 10.2 Å². The molecular formula is C15H21N3O3. The number of benzene rings is 1. The summed E-state index contributed by atoms with van der Waals surface area (Å²) in [6.07, 6.45) is 0. The summed E-state index contributed by atoms with van der Waals surface area (Å²) in [5.41, 5.74) is 6.78. The van der Waals surface area contributed by atoms with Gasteiger partial charge in [-0.3, -0.25) is 9.59 Å². The SMILES string of the molecule is CCNC(=O)C1COCCN1C(=O)[C@H](N)c1ccccc1. The van der Waals surface area contributed by atoms with E-state index in [-0.39, 0.29) is 18.4 Å². The highest BCUT2D eigenvalue weighted by Crippen LogP contribution is 2.17. The van der Waals surface area contributed by atoms with Gasteiger partial charge in [0.15, 0.2) is 0 Å². The zero-order chi connectivity index (χ0) is 15.2. The summed E-state index contributed by atoms with van der Waals surface area (Å²) in [4.78, 5) is 26.1. The summed E-state index contributed by atoms with van der Waals surface area (Å²) in [5, 5.41) is 2.73. The molecule has 1 aliphatic heterocycles. The van der Waals surface area contributed by atoms with Crippen LogP contribution in [0.1, 0.15) is 18.5 Å². The number of likely N-dealkylation sites (N-methyl/N-ethyl adjacent to an activating group) is 1. The summed E-state index contributed by atoms with van der Waals surface area (Å²) in [5.74, 6) is -0.452. The number of carbonyl (C=O) groups is 2. The van der Waals surface area contributed by atoms with Gasteiger partial charge in [0.25, 0.3) is 0 Å². The van der Waals surface area contributed by atoms with Crippen LogP contribution < -0.4 is 11.1 Å². The number of carbonyl (C=O) groups excluding carboxylic acids is 2. The first kappa shape index (κ1) is 15.5. The van der Waals surface area contributed by atoms with Crippen LogP contribution in [0.2, 0.25) is 0 Å². The topological polar surface area (TPSA) is 84.7 Å². The number of nitrogens with two attached hydrogens (primary N) is 1. The third kappa shape index (κ3) is 3.59. The fourth-order valence-corrected chi connectivity index (χ4v) is 2.36. The molecule has 1 unspecified atom stereocenters. The minimum absolute atomic E-state index is 0.203. The van der Waals surface area contributed by atoms with Crippen LogP contribution in [0.4, 0.5) is 0 Å². The Labute approximate surface area is 124 Å². The number of nitrogens with zero attached hydrogens (tertiary/aromatic N) is 1. The van der Waals surface area contributed by atoms with E-state index in [4.69, 9.17) is 10.5 Å². The minimum atomic E-state index is -0.763. The molecule has 114 valence electrons. The Morgan fingerprint density at radius 2 is 2.14 bits per heavy atom. The van der Waals surface area contributed by atoms with E-state index in [0.717, 1.165) is 5.56 Å². The number of nitrogens with one attached hydrogen (secondary N) is 1. The van der Waals surface area contributed by atoms with E-state index >= 15 is 0 Å². The van der Waals surface area contributed by atoms with Crippen molar-refractivity contribution in [2.45, 2.75) is 19.0 Å². The lowest BCUT2D eigenvalue weighted by Gasteiger charge is -2.36. The summed E-state index contributed by atoms with van der Waals surface area (Å²) >= 11 is 0. The maximum absolute atomic E-state index is 12.6. The molecule has 1 saturated heterocycles. The van der Waals surface area contributed by atoms with Gasteiger partial charge in [0.05, 0.1) is 13.2 Å². The summed E-state index contributed by atoms with van der Waals surface area (Å²) in [7, 11) is 0. The molecule has 1 heterocycles. The van der Waals surface area contributed by atoms with Crippen molar-refractivity contribution >= 4 is 11.8 Å². The van der Waals surface area contributed by atoms with Crippen molar-refractivity contribution in [1.29, 1.82) is 0 Å². The van der Waals surface area contributed by atoms with Crippen molar-refractivity contribution in [2.24, 2.45) is 5.73 Å². The van der Waals surface area contributed by atoms with Crippen LogP contribution in [0.25, 0.3) is 0 Å². The standard InChI is InChI=1S/C15H21N3O3/c1-2-17-14(19)12-10-21-9-8-18(12)15(20)13(16)11-6-4-3-5-7-11/h3-7,12-13H,2,8-10,16H2,1H3,(H,17,19)/t12?,13-/m1/s1. The highest BCUT2D eigenvalue weighted by atomic mass is 16.5. The van der Waals surface area contributed by atoms with Crippen LogP contribution in [0.3, 0.4) is 0 Å². The van der Waals surface area contributed by atoms with E-state index in [2.05, 4.69) is 5.32 Å². The highest BCUT2D eigenvalue weighted by Gasteiger charge is 2.35. The van der Waals surface area contributed by atoms with Crippen LogP contribution in [-0.2, 0) is 14.3 Å². The molecule has 6 nitrogen and oxygen atoms in total. The van der Waals surface area contributed by atoms with Gasteiger partial charge in [-0.1, -0.05) is 30.3 Å². The molecule has 6 heteroatoms. The fourth-order valence-electron chi connectivity index (χ4n) is 2.36.